The van der Waals surface area contributed by atoms with Gasteiger partial charge in [0.1, 0.15) is 11.4 Å². The lowest BCUT2D eigenvalue weighted by atomic mass is 9.94. The first-order valence-electron chi connectivity index (χ1n) is 9.15. The first-order valence-corrected chi connectivity index (χ1v) is 10.1. The summed E-state index contributed by atoms with van der Waals surface area (Å²) < 4.78 is 10.9. The van der Waals surface area contributed by atoms with Gasteiger partial charge in [-0.2, -0.15) is 0 Å². The fourth-order valence-corrected chi connectivity index (χ4v) is 4.48. The van der Waals surface area contributed by atoms with Crippen LogP contribution < -0.4 is 9.64 Å². The van der Waals surface area contributed by atoms with Crippen LogP contribution in [-0.2, 0) is 22.4 Å². The summed E-state index contributed by atoms with van der Waals surface area (Å²) in [4.78, 5) is 16.7. The van der Waals surface area contributed by atoms with Crippen LogP contribution in [0.1, 0.15) is 38.3 Å². The summed E-state index contributed by atoms with van der Waals surface area (Å²) in [6, 6.07) is 4.38. The first kappa shape index (κ1) is 19.1. The zero-order valence-electron chi connectivity index (χ0n) is 16.1. The maximum absolute atomic E-state index is 12.5. The number of hydrogen-bond donors (Lipinski definition) is 0. The summed E-state index contributed by atoms with van der Waals surface area (Å²) in [6.07, 6.45) is 2.65. The van der Waals surface area contributed by atoms with Gasteiger partial charge in [-0.3, -0.25) is 0 Å². The zero-order valence-corrected chi connectivity index (χ0v) is 17.7. The second-order valence-electron chi connectivity index (χ2n) is 7.20. The molecule has 0 aromatic heterocycles. The van der Waals surface area contributed by atoms with E-state index >= 15 is 0 Å². The predicted molar refractivity (Wildman–Crippen MR) is 106 cm³/mol. The molecule has 0 saturated carbocycles. The molecule has 0 saturated heterocycles. The normalized spacial score (nSPS) is 19.0. The Morgan fingerprint density at radius 1 is 1.35 bits per heavy atom. The first-order chi connectivity index (χ1) is 12.4. The van der Waals surface area contributed by atoms with Crippen LogP contribution in [0.4, 0.5) is 5.69 Å². The van der Waals surface area contributed by atoms with E-state index in [-0.39, 0.29) is 11.0 Å². The number of nitrogens with zero attached hydrogens (tertiary/aromatic N) is 2. The van der Waals surface area contributed by atoms with Gasteiger partial charge in [0.15, 0.2) is 5.08 Å². The van der Waals surface area contributed by atoms with E-state index in [0.717, 1.165) is 36.4 Å². The number of hydrogen-bond acceptors (Lipinski definition) is 5. The number of allylic oxidation sites excluding steroid dienone is 1. The number of fused-ring (bicyclic) bond motifs is 3. The zero-order chi connectivity index (χ0) is 19.0. The molecule has 2 aliphatic rings. The van der Waals surface area contributed by atoms with Gasteiger partial charge in [-0.25, -0.2) is 4.79 Å². The number of ether oxygens (including phenoxy) is 2. The predicted octanol–water partition coefficient (Wildman–Crippen LogP) is 4.04. The van der Waals surface area contributed by atoms with E-state index in [1.165, 1.54) is 11.1 Å². The number of anilines is 1. The topological polar surface area (TPSA) is 42.0 Å². The highest BCUT2D eigenvalue weighted by Crippen LogP contribution is 2.45. The Balaban J connectivity index is 2.08. The number of benzene rings is 1. The van der Waals surface area contributed by atoms with E-state index in [0.29, 0.717) is 18.2 Å². The molecule has 0 bridgehead atoms. The monoisotopic (exact) mass is 422 g/mol. The largest absolute Gasteiger partial charge is 0.496 e. The van der Waals surface area contributed by atoms with Crippen LogP contribution in [0.2, 0.25) is 0 Å². The molecule has 0 N–H and O–H groups in total. The Bertz CT molecular complexity index is 745. The van der Waals surface area contributed by atoms with Crippen molar-refractivity contribution in [1.82, 2.24) is 4.90 Å². The number of methoxy groups -OCH3 is 1. The van der Waals surface area contributed by atoms with E-state index in [4.69, 9.17) is 9.47 Å². The Kier molecular flexibility index (Phi) is 5.51. The second kappa shape index (κ2) is 7.51. The van der Waals surface area contributed by atoms with Gasteiger partial charge in [-0.15, -0.1) is 0 Å². The quantitative estimate of drug-likeness (QED) is 0.406. The SMILES string of the molecule is CCOC(=O)C1=C2CCc3cc(OC)c(CC(C)C)cc3N2C(Br)N1C. The highest BCUT2D eigenvalue weighted by atomic mass is 79.9. The minimum atomic E-state index is -0.253. The molecule has 142 valence electrons. The molecule has 0 spiro atoms. The number of halogens is 1. The van der Waals surface area contributed by atoms with E-state index in [9.17, 15) is 4.79 Å². The van der Waals surface area contributed by atoms with Crippen LogP contribution >= 0.6 is 15.9 Å². The Morgan fingerprint density at radius 2 is 2.08 bits per heavy atom. The fraction of sp³-hybridized carbons (Fsp3) is 0.550. The average Bonchev–Trinajstić information content (AvgIpc) is 2.85. The molecule has 5 nitrogen and oxygen atoms in total. The van der Waals surface area contributed by atoms with Gasteiger partial charge in [0.25, 0.3) is 0 Å². The van der Waals surface area contributed by atoms with E-state index in [1.54, 1.807) is 7.11 Å². The molecule has 2 heterocycles. The van der Waals surface area contributed by atoms with Gasteiger partial charge in [0.05, 0.1) is 19.4 Å². The maximum atomic E-state index is 12.5. The van der Waals surface area contributed by atoms with Crippen LogP contribution in [-0.4, -0.2) is 36.7 Å². The van der Waals surface area contributed by atoms with Crippen molar-refractivity contribution in [3.63, 3.8) is 0 Å². The van der Waals surface area contributed by atoms with Gasteiger partial charge in [0, 0.05) is 12.7 Å². The van der Waals surface area contributed by atoms with Gasteiger partial charge >= 0.3 is 5.97 Å². The van der Waals surface area contributed by atoms with Crippen molar-refractivity contribution in [1.29, 1.82) is 0 Å². The van der Waals surface area contributed by atoms with E-state index in [1.807, 2.05) is 18.9 Å². The van der Waals surface area contributed by atoms with Crippen molar-refractivity contribution in [2.75, 3.05) is 25.7 Å². The standard InChI is InChI=1S/C20H27BrN2O3/c1-6-26-19(24)18-15-8-7-13-11-17(25-5)14(9-12(2)3)10-16(13)23(15)20(21)22(18)4/h10-12,20H,6-9H2,1-5H3. The average molecular weight is 423 g/mol. The Labute approximate surface area is 164 Å². The van der Waals surface area contributed by atoms with Crippen LogP contribution in [0.5, 0.6) is 5.75 Å². The summed E-state index contributed by atoms with van der Waals surface area (Å²) in [6.45, 7) is 6.63. The number of esters is 1. The number of alkyl halides is 1. The van der Waals surface area contributed by atoms with Crippen LogP contribution in [0.25, 0.3) is 0 Å². The van der Waals surface area contributed by atoms with E-state index < -0.39 is 0 Å². The number of carbonyl (C=O) groups is 1. The summed E-state index contributed by atoms with van der Waals surface area (Å²) >= 11 is 3.76. The summed E-state index contributed by atoms with van der Waals surface area (Å²) in [5.41, 5.74) is 5.29. The van der Waals surface area contributed by atoms with Gasteiger partial charge in [0.2, 0.25) is 0 Å². The Morgan fingerprint density at radius 3 is 2.69 bits per heavy atom. The molecule has 6 heteroatoms. The fourth-order valence-electron chi connectivity index (χ4n) is 3.81. The van der Waals surface area contributed by atoms with Crippen LogP contribution in [0.15, 0.2) is 23.5 Å². The lowest BCUT2D eigenvalue weighted by molar-refractivity contribution is -0.140. The molecule has 0 fully saturated rings. The second-order valence-corrected chi connectivity index (χ2v) is 8.02. The van der Waals surface area contributed by atoms with Crippen molar-refractivity contribution >= 4 is 27.6 Å². The molecular weight excluding hydrogens is 396 g/mol. The summed E-state index contributed by atoms with van der Waals surface area (Å²) in [7, 11) is 3.66. The van der Waals surface area contributed by atoms with Crippen LogP contribution in [0.3, 0.4) is 0 Å². The van der Waals surface area contributed by atoms with Gasteiger partial charge in [-0.05, 0) is 71.3 Å². The third-order valence-electron chi connectivity index (χ3n) is 4.92. The molecule has 0 radical (unpaired) electrons. The molecule has 2 aliphatic heterocycles. The van der Waals surface area contributed by atoms with Crippen molar-refractivity contribution < 1.29 is 14.3 Å². The van der Waals surface area contributed by atoms with Crippen molar-refractivity contribution in [3.05, 3.63) is 34.7 Å². The molecule has 1 aromatic rings. The molecule has 1 unspecified atom stereocenters. The molecular formula is C20H27BrN2O3. The molecule has 1 atom stereocenters. The van der Waals surface area contributed by atoms with Crippen molar-refractivity contribution in [3.8, 4) is 5.75 Å². The van der Waals surface area contributed by atoms with Gasteiger partial charge in [-0.1, -0.05) is 13.8 Å². The van der Waals surface area contributed by atoms with Crippen molar-refractivity contribution in [2.45, 2.75) is 45.1 Å². The molecule has 1 aromatic carbocycles. The number of aryl methyl sites for hydroxylation is 1. The number of likely N-dealkylation sites (N-methyl/N-ethyl adjacent to an activating group) is 1. The van der Waals surface area contributed by atoms with E-state index in [2.05, 4.69) is 46.8 Å². The molecule has 0 aliphatic carbocycles. The maximum Gasteiger partial charge on any atom is 0.356 e. The number of rotatable bonds is 5. The molecule has 0 amide bonds. The molecule has 26 heavy (non-hydrogen) atoms. The Hall–Kier alpha value is -1.69. The highest BCUT2D eigenvalue weighted by molar-refractivity contribution is 9.09. The summed E-state index contributed by atoms with van der Waals surface area (Å²) in [5, 5.41) is -0.101. The lowest BCUT2D eigenvalue weighted by Crippen LogP contribution is -2.36. The highest BCUT2D eigenvalue weighted by Gasteiger charge is 2.42. The minimum Gasteiger partial charge on any atom is -0.496 e. The molecule has 3 rings (SSSR count). The lowest BCUT2D eigenvalue weighted by Gasteiger charge is -2.34. The number of carbonyl (C=O) groups excluding carboxylic acids is 1. The van der Waals surface area contributed by atoms with Gasteiger partial charge < -0.3 is 19.3 Å². The summed E-state index contributed by atoms with van der Waals surface area (Å²) in [5.74, 6) is 1.24. The third kappa shape index (κ3) is 3.20. The smallest absolute Gasteiger partial charge is 0.356 e. The minimum absolute atomic E-state index is 0.101. The van der Waals surface area contributed by atoms with Crippen molar-refractivity contribution in [2.24, 2.45) is 5.92 Å². The van der Waals surface area contributed by atoms with Crippen LogP contribution in [0, 0.1) is 5.92 Å². The third-order valence-corrected chi connectivity index (χ3v) is 5.94.